The molecule has 0 aliphatic carbocycles. The lowest BCUT2D eigenvalue weighted by Gasteiger charge is -2.05. The summed E-state index contributed by atoms with van der Waals surface area (Å²) in [6.07, 6.45) is 1.28. The maximum atomic E-state index is 2.54. The molecule has 0 radical (unpaired) electrons. The highest BCUT2D eigenvalue weighted by Gasteiger charge is 2.00. The fourth-order valence-corrected chi connectivity index (χ4v) is 2.60. The Bertz CT molecular complexity index is 186. The Kier molecular flexibility index (Phi) is 3.64. The minimum absolute atomic E-state index is 0.0965. The van der Waals surface area contributed by atoms with Crippen LogP contribution in [-0.4, -0.2) is 6.16 Å². The highest BCUT2D eigenvalue weighted by molar-refractivity contribution is 14.2. The van der Waals surface area contributed by atoms with Crippen LogP contribution in [0.2, 0.25) is 0 Å². The molecule has 1 aromatic carbocycles. The Labute approximate surface area is 76.3 Å². The molecule has 2 heteroatoms. The summed E-state index contributed by atoms with van der Waals surface area (Å²) >= 11 is 2.54. The molecule has 0 spiro atoms. The Morgan fingerprint density at radius 3 is 2.40 bits per heavy atom. The van der Waals surface area contributed by atoms with Gasteiger partial charge >= 0.3 is 0 Å². The predicted molar refractivity (Wildman–Crippen MR) is 57.6 cm³/mol. The van der Waals surface area contributed by atoms with Gasteiger partial charge in [-0.15, -0.1) is 0 Å². The average Bonchev–Trinajstić information content (AvgIpc) is 2.05. The summed E-state index contributed by atoms with van der Waals surface area (Å²) in [5.74, 6) is 0. The Morgan fingerprint density at radius 1 is 1.30 bits per heavy atom. The summed E-state index contributed by atoms with van der Waals surface area (Å²) in [5, 5.41) is 1.50. The lowest BCUT2D eigenvalue weighted by atomic mass is 10.4. The molecule has 0 fully saturated rings. The van der Waals surface area contributed by atoms with Gasteiger partial charge in [0.1, 0.15) is 0 Å². The van der Waals surface area contributed by atoms with Gasteiger partial charge in [-0.3, -0.25) is 0 Å². The zero-order valence-corrected chi connectivity index (χ0v) is 8.97. The van der Waals surface area contributed by atoms with E-state index in [9.17, 15) is 0 Å². The van der Waals surface area contributed by atoms with Crippen molar-refractivity contribution in [1.82, 2.24) is 0 Å². The fourth-order valence-electron chi connectivity index (χ4n) is 0.772. The van der Waals surface area contributed by atoms with Crippen LogP contribution in [0.4, 0.5) is 0 Å². The van der Waals surface area contributed by atoms with E-state index >= 15 is 0 Å². The summed E-state index contributed by atoms with van der Waals surface area (Å²) < 4.78 is 0. The van der Waals surface area contributed by atoms with Gasteiger partial charge in [0.05, 0.1) is 0 Å². The fraction of sp³-hybridized carbons (Fsp3) is 0.250. The number of hydrogen-bond donors (Lipinski definition) is 0. The van der Waals surface area contributed by atoms with Crippen molar-refractivity contribution >= 4 is 32.9 Å². The maximum absolute atomic E-state index is 2.54. The highest BCUT2D eigenvalue weighted by atomic mass is 127. The molecule has 1 aromatic rings. The third kappa shape index (κ3) is 2.21. The van der Waals surface area contributed by atoms with Gasteiger partial charge < -0.3 is 0 Å². The quantitative estimate of drug-likeness (QED) is 0.568. The summed E-state index contributed by atoms with van der Waals surface area (Å²) in [7, 11) is 0. The van der Waals surface area contributed by atoms with E-state index in [2.05, 4.69) is 59.3 Å². The normalized spacial score (nSPS) is 13.0. The average molecular weight is 264 g/mol. The van der Waals surface area contributed by atoms with Gasteiger partial charge in [-0.25, -0.2) is 0 Å². The van der Waals surface area contributed by atoms with Crippen molar-refractivity contribution in [2.24, 2.45) is 0 Å². The van der Waals surface area contributed by atoms with Gasteiger partial charge in [-0.1, -0.05) is 37.3 Å². The Hall–Kier alpha value is 0.380. The van der Waals surface area contributed by atoms with E-state index in [1.165, 1.54) is 11.5 Å². The van der Waals surface area contributed by atoms with E-state index < -0.39 is 0 Å². The van der Waals surface area contributed by atoms with Gasteiger partial charge in [-0.2, -0.15) is 0 Å². The van der Waals surface area contributed by atoms with Gasteiger partial charge in [0, 0.05) is 0 Å². The third-order valence-electron chi connectivity index (χ3n) is 1.31. The van der Waals surface area contributed by atoms with Crippen LogP contribution in [0.1, 0.15) is 6.92 Å². The number of benzene rings is 1. The van der Waals surface area contributed by atoms with Crippen LogP contribution in [0.25, 0.3) is 0 Å². The molecule has 0 heterocycles. The molecular weight excluding hydrogens is 254 g/mol. The van der Waals surface area contributed by atoms with Gasteiger partial charge in [-0.05, 0) is 39.1 Å². The second-order valence-electron chi connectivity index (χ2n) is 2.01. The standard InChI is InChI=1S/C8H10IP/c1-2-10(9)8-6-4-3-5-7-8/h3-7H,2H2,1H3. The predicted octanol–water partition coefficient (Wildman–Crippen LogP) is 3.16. The molecule has 10 heavy (non-hydrogen) atoms. The second kappa shape index (κ2) is 4.30. The van der Waals surface area contributed by atoms with Crippen molar-refractivity contribution in [3.8, 4) is 0 Å². The topological polar surface area (TPSA) is 0 Å². The first-order chi connectivity index (χ1) is 4.84. The smallest absolute Gasteiger partial charge is 0.00981 e. The largest absolute Gasteiger partial charge is 0.0622 e. The lowest BCUT2D eigenvalue weighted by Crippen LogP contribution is -1.95. The van der Waals surface area contributed by atoms with E-state index in [0.717, 1.165) is 0 Å². The van der Waals surface area contributed by atoms with E-state index in [4.69, 9.17) is 0 Å². The molecule has 0 saturated heterocycles. The molecule has 0 nitrogen and oxygen atoms in total. The van der Waals surface area contributed by atoms with Crippen molar-refractivity contribution in [1.29, 1.82) is 0 Å². The van der Waals surface area contributed by atoms with Crippen molar-refractivity contribution in [2.75, 3.05) is 6.16 Å². The minimum atomic E-state index is 0.0965. The molecule has 1 unspecified atom stereocenters. The van der Waals surface area contributed by atoms with Crippen LogP contribution in [0, 0.1) is 0 Å². The molecule has 0 amide bonds. The summed E-state index contributed by atoms with van der Waals surface area (Å²) in [6.45, 7) is 2.24. The van der Waals surface area contributed by atoms with Crippen LogP contribution in [0.3, 0.4) is 0 Å². The first kappa shape index (κ1) is 8.48. The summed E-state index contributed by atoms with van der Waals surface area (Å²) in [4.78, 5) is 0. The van der Waals surface area contributed by atoms with Crippen LogP contribution < -0.4 is 5.30 Å². The van der Waals surface area contributed by atoms with E-state index in [-0.39, 0.29) is 5.56 Å². The van der Waals surface area contributed by atoms with Crippen LogP contribution in [0.5, 0.6) is 0 Å². The van der Waals surface area contributed by atoms with Crippen molar-refractivity contribution in [3.63, 3.8) is 0 Å². The molecule has 0 aliphatic heterocycles. The molecule has 0 aromatic heterocycles. The van der Waals surface area contributed by atoms with E-state index in [0.29, 0.717) is 0 Å². The molecule has 1 atom stereocenters. The van der Waals surface area contributed by atoms with Crippen molar-refractivity contribution in [2.45, 2.75) is 6.92 Å². The first-order valence-corrected chi connectivity index (χ1v) is 7.64. The minimum Gasteiger partial charge on any atom is -0.0622 e. The summed E-state index contributed by atoms with van der Waals surface area (Å²) in [6, 6.07) is 10.7. The third-order valence-corrected chi connectivity index (χ3v) is 6.45. The molecule has 1 rings (SSSR count). The molecule has 0 bridgehead atoms. The number of halogens is 1. The zero-order valence-electron chi connectivity index (χ0n) is 5.92. The number of rotatable bonds is 2. The molecule has 0 saturated carbocycles. The zero-order chi connectivity index (χ0) is 7.40. The highest BCUT2D eigenvalue weighted by Crippen LogP contribution is 2.42. The number of hydrogen-bond acceptors (Lipinski definition) is 0. The lowest BCUT2D eigenvalue weighted by molar-refractivity contribution is 1.52. The van der Waals surface area contributed by atoms with Crippen molar-refractivity contribution < 1.29 is 0 Å². The van der Waals surface area contributed by atoms with Crippen LogP contribution in [0.15, 0.2) is 30.3 Å². The second-order valence-corrected chi connectivity index (χ2v) is 7.38. The van der Waals surface area contributed by atoms with Crippen molar-refractivity contribution in [3.05, 3.63) is 30.3 Å². The molecule has 54 valence electrons. The van der Waals surface area contributed by atoms with Gasteiger partial charge in [0.15, 0.2) is 0 Å². The molecular formula is C8H10IP. The SMILES string of the molecule is CCP(I)c1ccccc1. The van der Waals surface area contributed by atoms with Gasteiger partial charge in [0.25, 0.3) is 0 Å². The maximum Gasteiger partial charge on any atom is -0.00981 e. The summed E-state index contributed by atoms with van der Waals surface area (Å²) in [5.41, 5.74) is 0.0965. The van der Waals surface area contributed by atoms with Gasteiger partial charge in [0.2, 0.25) is 0 Å². The van der Waals surface area contributed by atoms with Crippen LogP contribution in [-0.2, 0) is 0 Å². The monoisotopic (exact) mass is 264 g/mol. The van der Waals surface area contributed by atoms with Crippen LogP contribution >= 0.6 is 27.6 Å². The van der Waals surface area contributed by atoms with E-state index in [1.807, 2.05) is 0 Å². The Balaban J connectivity index is 2.75. The molecule has 0 aliphatic rings. The first-order valence-electron chi connectivity index (χ1n) is 3.33. The van der Waals surface area contributed by atoms with E-state index in [1.54, 1.807) is 0 Å². The Morgan fingerprint density at radius 2 is 1.90 bits per heavy atom. The molecule has 0 N–H and O–H groups in total.